The smallest absolute Gasteiger partial charge is 0.0613 e. The highest BCUT2D eigenvalue weighted by Crippen LogP contribution is 2.16. The summed E-state index contributed by atoms with van der Waals surface area (Å²) in [5.41, 5.74) is 5.49. The first kappa shape index (κ1) is 13.2. The van der Waals surface area contributed by atoms with Crippen molar-refractivity contribution in [2.75, 3.05) is 13.7 Å². The third-order valence-corrected chi connectivity index (χ3v) is 2.88. The Morgan fingerprint density at radius 2 is 1.75 bits per heavy atom. The molecule has 0 aliphatic rings. The maximum absolute atomic E-state index is 5.11. The van der Waals surface area contributed by atoms with Gasteiger partial charge in [-0.15, -0.1) is 0 Å². The predicted molar refractivity (Wildman–Crippen MR) is 68.8 cm³/mol. The van der Waals surface area contributed by atoms with E-state index in [0.717, 1.165) is 13.2 Å². The molecule has 0 saturated heterocycles. The van der Waals surface area contributed by atoms with Gasteiger partial charge < -0.3 is 10.1 Å². The zero-order valence-corrected chi connectivity index (χ0v) is 11.1. The Hall–Kier alpha value is -0.860. The van der Waals surface area contributed by atoms with E-state index in [9.17, 15) is 0 Å². The Morgan fingerprint density at radius 1 is 1.19 bits per heavy atom. The van der Waals surface area contributed by atoms with Crippen molar-refractivity contribution >= 4 is 0 Å². The number of hydrogen-bond donors (Lipinski definition) is 1. The van der Waals surface area contributed by atoms with E-state index in [0.29, 0.717) is 6.04 Å². The van der Waals surface area contributed by atoms with Gasteiger partial charge in [0.2, 0.25) is 0 Å². The first-order valence-corrected chi connectivity index (χ1v) is 5.83. The molecule has 0 aliphatic carbocycles. The van der Waals surface area contributed by atoms with Crippen LogP contribution in [0.5, 0.6) is 0 Å². The number of nitrogens with one attached hydrogen (secondary N) is 1. The number of rotatable bonds is 5. The van der Waals surface area contributed by atoms with Gasteiger partial charge in [0, 0.05) is 19.7 Å². The van der Waals surface area contributed by atoms with E-state index in [1.165, 1.54) is 22.3 Å². The fourth-order valence-corrected chi connectivity index (χ4v) is 2.07. The molecule has 0 fully saturated rings. The van der Waals surface area contributed by atoms with Crippen LogP contribution < -0.4 is 5.32 Å². The summed E-state index contributed by atoms with van der Waals surface area (Å²) in [6.45, 7) is 10.3. The van der Waals surface area contributed by atoms with Crippen molar-refractivity contribution in [2.24, 2.45) is 0 Å². The summed E-state index contributed by atoms with van der Waals surface area (Å²) in [6.07, 6.45) is 0. The van der Waals surface area contributed by atoms with Gasteiger partial charge in [0.05, 0.1) is 6.61 Å². The minimum absolute atomic E-state index is 0.394. The van der Waals surface area contributed by atoms with Crippen LogP contribution in [0.4, 0.5) is 0 Å². The Kier molecular flexibility index (Phi) is 4.97. The lowest BCUT2D eigenvalue weighted by molar-refractivity contribution is 0.171. The van der Waals surface area contributed by atoms with E-state index in [4.69, 9.17) is 4.74 Å². The van der Waals surface area contributed by atoms with Crippen LogP contribution in [0.25, 0.3) is 0 Å². The maximum atomic E-state index is 5.11. The SMILES string of the molecule is COCC(C)NCc1c(C)cc(C)cc1C. The molecule has 0 aliphatic heterocycles. The molecule has 1 atom stereocenters. The molecule has 2 heteroatoms. The van der Waals surface area contributed by atoms with Gasteiger partial charge in [-0.1, -0.05) is 17.7 Å². The molecule has 1 unspecified atom stereocenters. The summed E-state index contributed by atoms with van der Waals surface area (Å²) in [7, 11) is 1.74. The van der Waals surface area contributed by atoms with Crippen LogP contribution in [0.15, 0.2) is 12.1 Å². The lowest BCUT2D eigenvalue weighted by atomic mass is 10.00. The molecular formula is C14H23NO. The van der Waals surface area contributed by atoms with E-state index >= 15 is 0 Å². The Labute approximate surface area is 99.0 Å². The molecule has 2 nitrogen and oxygen atoms in total. The quantitative estimate of drug-likeness (QED) is 0.825. The topological polar surface area (TPSA) is 21.3 Å². The highest BCUT2D eigenvalue weighted by atomic mass is 16.5. The molecule has 0 aromatic heterocycles. The normalized spacial score (nSPS) is 12.8. The largest absolute Gasteiger partial charge is 0.383 e. The summed E-state index contributed by atoms with van der Waals surface area (Å²) < 4.78 is 5.11. The van der Waals surface area contributed by atoms with E-state index < -0.39 is 0 Å². The van der Waals surface area contributed by atoms with Crippen LogP contribution in [0.1, 0.15) is 29.2 Å². The molecule has 1 rings (SSSR count). The molecule has 0 heterocycles. The van der Waals surface area contributed by atoms with Gasteiger partial charge >= 0.3 is 0 Å². The van der Waals surface area contributed by atoms with Crippen molar-refractivity contribution in [3.63, 3.8) is 0 Å². The van der Waals surface area contributed by atoms with Crippen LogP contribution >= 0.6 is 0 Å². The lowest BCUT2D eigenvalue weighted by Crippen LogP contribution is -2.30. The first-order chi connectivity index (χ1) is 7.54. The average Bonchev–Trinajstić information content (AvgIpc) is 2.16. The number of methoxy groups -OCH3 is 1. The van der Waals surface area contributed by atoms with Crippen LogP contribution in [0, 0.1) is 20.8 Å². The molecule has 90 valence electrons. The Bertz CT molecular complexity index is 324. The highest BCUT2D eigenvalue weighted by Gasteiger charge is 2.05. The molecule has 0 radical (unpaired) electrons. The van der Waals surface area contributed by atoms with Gasteiger partial charge in [-0.25, -0.2) is 0 Å². The van der Waals surface area contributed by atoms with Crippen LogP contribution in [-0.2, 0) is 11.3 Å². The second-order valence-electron chi connectivity index (χ2n) is 4.61. The molecule has 1 aromatic rings. The van der Waals surface area contributed by atoms with Gasteiger partial charge in [-0.3, -0.25) is 0 Å². The van der Waals surface area contributed by atoms with Crippen molar-refractivity contribution in [2.45, 2.75) is 40.3 Å². The fraction of sp³-hybridized carbons (Fsp3) is 0.571. The van der Waals surface area contributed by atoms with Gasteiger partial charge in [0.25, 0.3) is 0 Å². The molecule has 1 N–H and O–H groups in total. The van der Waals surface area contributed by atoms with Crippen molar-refractivity contribution < 1.29 is 4.74 Å². The Morgan fingerprint density at radius 3 is 2.25 bits per heavy atom. The van der Waals surface area contributed by atoms with E-state index in [2.05, 4.69) is 45.1 Å². The average molecular weight is 221 g/mol. The molecule has 0 bridgehead atoms. The van der Waals surface area contributed by atoms with Crippen LogP contribution in [-0.4, -0.2) is 19.8 Å². The summed E-state index contributed by atoms with van der Waals surface area (Å²) >= 11 is 0. The van der Waals surface area contributed by atoms with Crippen molar-refractivity contribution in [3.8, 4) is 0 Å². The molecule has 0 saturated carbocycles. The van der Waals surface area contributed by atoms with Gasteiger partial charge in [0.15, 0.2) is 0 Å². The third-order valence-electron chi connectivity index (χ3n) is 2.88. The zero-order chi connectivity index (χ0) is 12.1. The minimum atomic E-state index is 0.394. The molecule has 0 amide bonds. The van der Waals surface area contributed by atoms with Gasteiger partial charge in [0.1, 0.15) is 0 Å². The van der Waals surface area contributed by atoms with Crippen LogP contribution in [0.2, 0.25) is 0 Å². The van der Waals surface area contributed by atoms with Crippen molar-refractivity contribution in [1.82, 2.24) is 5.32 Å². The number of aryl methyl sites for hydroxylation is 3. The second-order valence-corrected chi connectivity index (χ2v) is 4.61. The minimum Gasteiger partial charge on any atom is -0.383 e. The van der Waals surface area contributed by atoms with Gasteiger partial charge in [-0.2, -0.15) is 0 Å². The van der Waals surface area contributed by atoms with Crippen molar-refractivity contribution in [1.29, 1.82) is 0 Å². The van der Waals surface area contributed by atoms with Gasteiger partial charge in [-0.05, 0) is 44.4 Å². The maximum Gasteiger partial charge on any atom is 0.0613 e. The molecule has 16 heavy (non-hydrogen) atoms. The van der Waals surface area contributed by atoms with E-state index in [1.807, 2.05) is 0 Å². The monoisotopic (exact) mass is 221 g/mol. The molecule has 1 aromatic carbocycles. The highest BCUT2D eigenvalue weighted by molar-refractivity contribution is 5.37. The summed E-state index contributed by atoms with van der Waals surface area (Å²) in [6, 6.07) is 4.88. The number of ether oxygens (including phenoxy) is 1. The number of benzene rings is 1. The summed E-state index contributed by atoms with van der Waals surface area (Å²) in [5.74, 6) is 0. The summed E-state index contributed by atoms with van der Waals surface area (Å²) in [5, 5.41) is 3.48. The number of hydrogen-bond acceptors (Lipinski definition) is 2. The van der Waals surface area contributed by atoms with Crippen molar-refractivity contribution in [3.05, 3.63) is 34.4 Å². The predicted octanol–water partition coefficient (Wildman–Crippen LogP) is 2.74. The second kappa shape index (κ2) is 6.02. The van der Waals surface area contributed by atoms with E-state index in [-0.39, 0.29) is 0 Å². The van der Waals surface area contributed by atoms with Crippen LogP contribution in [0.3, 0.4) is 0 Å². The third kappa shape index (κ3) is 3.62. The fourth-order valence-electron chi connectivity index (χ4n) is 2.07. The zero-order valence-electron chi connectivity index (χ0n) is 11.1. The molecule has 0 spiro atoms. The standard InChI is InChI=1S/C14H23NO/c1-10-6-11(2)14(12(3)7-10)8-15-13(4)9-16-5/h6-7,13,15H,8-9H2,1-5H3. The van der Waals surface area contributed by atoms with E-state index in [1.54, 1.807) is 7.11 Å². The Balaban J connectivity index is 2.67. The summed E-state index contributed by atoms with van der Waals surface area (Å²) in [4.78, 5) is 0. The lowest BCUT2D eigenvalue weighted by Gasteiger charge is -2.16. The first-order valence-electron chi connectivity index (χ1n) is 5.83. The molecular weight excluding hydrogens is 198 g/mol.